The molecule has 1 fully saturated rings. The number of ether oxygens (including phenoxy) is 1. The molecule has 2 amide bonds. The molecule has 1 aliphatic rings. The summed E-state index contributed by atoms with van der Waals surface area (Å²) < 4.78 is 19.0. The average molecular weight is 378 g/mol. The largest absolute Gasteiger partial charge is 0.497 e. The van der Waals surface area contributed by atoms with Gasteiger partial charge in [-0.15, -0.1) is 0 Å². The smallest absolute Gasteiger partial charge is 0.293 e. The number of rotatable bonds is 4. The molecular weight excluding hydrogens is 365 g/mol. The van der Waals surface area contributed by atoms with Gasteiger partial charge in [0.15, 0.2) is 0 Å². The van der Waals surface area contributed by atoms with Gasteiger partial charge in [0.05, 0.1) is 18.6 Å². The zero-order chi connectivity index (χ0) is 18.0. The minimum Gasteiger partial charge on any atom is -0.497 e. The van der Waals surface area contributed by atoms with Crippen molar-refractivity contribution < 1.29 is 18.7 Å². The lowest BCUT2D eigenvalue weighted by Crippen LogP contribution is -2.28. The second-order valence-corrected chi connectivity index (χ2v) is 6.64. The molecule has 0 spiro atoms. The van der Waals surface area contributed by atoms with Crippen molar-refractivity contribution in [2.45, 2.75) is 6.54 Å². The summed E-state index contributed by atoms with van der Waals surface area (Å²) in [4.78, 5) is 25.9. The third-order valence-electron chi connectivity index (χ3n) is 3.67. The average Bonchev–Trinajstić information content (AvgIpc) is 2.86. The maximum atomic E-state index is 13.9. The van der Waals surface area contributed by atoms with Crippen LogP contribution in [0.1, 0.15) is 11.1 Å². The first kappa shape index (κ1) is 17.5. The molecule has 0 radical (unpaired) electrons. The van der Waals surface area contributed by atoms with Crippen LogP contribution in [0.4, 0.5) is 9.18 Å². The molecule has 0 N–H and O–H groups in total. The highest BCUT2D eigenvalue weighted by Crippen LogP contribution is 2.34. The normalized spacial score (nSPS) is 16.0. The molecule has 0 atom stereocenters. The number of hydrogen-bond donors (Lipinski definition) is 0. The Balaban J connectivity index is 1.83. The first-order chi connectivity index (χ1) is 12.0. The maximum absolute atomic E-state index is 13.9. The summed E-state index contributed by atoms with van der Waals surface area (Å²) >= 11 is 6.79. The van der Waals surface area contributed by atoms with Crippen molar-refractivity contribution in [2.24, 2.45) is 0 Å². The van der Waals surface area contributed by atoms with E-state index in [4.69, 9.17) is 16.3 Å². The SMILES string of the molecule is COc1ccc(/C=C2\SC(=O)N(Cc3c(F)cccc3Cl)C2=O)cc1. The predicted molar refractivity (Wildman–Crippen MR) is 95.9 cm³/mol. The van der Waals surface area contributed by atoms with Gasteiger partial charge in [-0.3, -0.25) is 14.5 Å². The fourth-order valence-electron chi connectivity index (χ4n) is 2.33. The van der Waals surface area contributed by atoms with Crippen molar-refractivity contribution in [3.05, 3.63) is 69.3 Å². The highest BCUT2D eigenvalue weighted by Gasteiger charge is 2.35. The lowest BCUT2D eigenvalue weighted by atomic mass is 10.2. The third kappa shape index (κ3) is 3.70. The van der Waals surface area contributed by atoms with Gasteiger partial charge in [0.25, 0.3) is 11.1 Å². The summed E-state index contributed by atoms with van der Waals surface area (Å²) in [7, 11) is 1.56. The first-order valence-corrected chi connectivity index (χ1v) is 8.51. The van der Waals surface area contributed by atoms with Crippen LogP contribution in [-0.2, 0) is 11.3 Å². The van der Waals surface area contributed by atoms with Crippen LogP contribution in [-0.4, -0.2) is 23.2 Å². The molecule has 2 aromatic carbocycles. The Labute approximate surface area is 153 Å². The van der Waals surface area contributed by atoms with Crippen molar-refractivity contribution in [1.29, 1.82) is 0 Å². The van der Waals surface area contributed by atoms with Crippen molar-refractivity contribution in [3.63, 3.8) is 0 Å². The third-order valence-corrected chi connectivity index (χ3v) is 4.93. The van der Waals surface area contributed by atoms with Crippen LogP contribution in [0.15, 0.2) is 47.4 Å². The van der Waals surface area contributed by atoms with E-state index in [1.165, 1.54) is 18.2 Å². The molecule has 1 heterocycles. The first-order valence-electron chi connectivity index (χ1n) is 7.32. The van der Waals surface area contributed by atoms with Crippen molar-refractivity contribution in [3.8, 4) is 5.75 Å². The Morgan fingerprint density at radius 3 is 2.56 bits per heavy atom. The Kier molecular flexibility index (Phi) is 5.11. The predicted octanol–water partition coefficient (Wildman–Crippen LogP) is 4.72. The molecule has 0 saturated carbocycles. The topological polar surface area (TPSA) is 46.6 Å². The number of amides is 2. The van der Waals surface area contributed by atoms with Crippen LogP contribution < -0.4 is 4.74 Å². The van der Waals surface area contributed by atoms with Gasteiger partial charge in [0.1, 0.15) is 11.6 Å². The van der Waals surface area contributed by atoms with E-state index in [2.05, 4.69) is 0 Å². The standard InChI is InChI=1S/C18H13ClFNO3S/c1-24-12-7-5-11(6-8-12)9-16-17(22)21(18(23)25-16)10-13-14(19)3-2-4-15(13)20/h2-9H,10H2,1H3/b16-9-. The summed E-state index contributed by atoms with van der Waals surface area (Å²) in [6.07, 6.45) is 1.62. The minimum absolute atomic E-state index is 0.122. The monoisotopic (exact) mass is 377 g/mol. The van der Waals surface area contributed by atoms with E-state index >= 15 is 0 Å². The Bertz CT molecular complexity index is 847. The van der Waals surface area contributed by atoms with E-state index in [1.807, 2.05) is 0 Å². The van der Waals surface area contributed by atoms with Crippen LogP contribution in [0.25, 0.3) is 6.08 Å². The molecule has 128 valence electrons. The van der Waals surface area contributed by atoms with Gasteiger partial charge in [-0.2, -0.15) is 0 Å². The molecule has 1 saturated heterocycles. The second-order valence-electron chi connectivity index (χ2n) is 5.24. The molecular formula is C18H13ClFNO3S. The number of methoxy groups -OCH3 is 1. The summed E-state index contributed by atoms with van der Waals surface area (Å²) in [6, 6.07) is 11.3. The van der Waals surface area contributed by atoms with E-state index in [0.29, 0.717) is 5.75 Å². The quantitative estimate of drug-likeness (QED) is 0.723. The Morgan fingerprint density at radius 1 is 1.20 bits per heavy atom. The summed E-state index contributed by atoms with van der Waals surface area (Å²) in [6.45, 7) is -0.198. The molecule has 7 heteroatoms. The molecule has 0 unspecified atom stereocenters. The van der Waals surface area contributed by atoms with Crippen LogP contribution in [0.2, 0.25) is 5.02 Å². The van der Waals surface area contributed by atoms with Gasteiger partial charge in [-0.1, -0.05) is 29.8 Å². The number of thioether (sulfide) groups is 1. The number of carbonyl (C=O) groups is 2. The van der Waals surface area contributed by atoms with E-state index in [-0.39, 0.29) is 22.0 Å². The zero-order valence-electron chi connectivity index (χ0n) is 13.2. The van der Waals surface area contributed by atoms with Gasteiger partial charge in [0, 0.05) is 10.6 Å². The van der Waals surface area contributed by atoms with Crippen LogP contribution in [0, 0.1) is 5.82 Å². The van der Waals surface area contributed by atoms with Gasteiger partial charge >= 0.3 is 0 Å². The molecule has 1 aliphatic heterocycles. The van der Waals surface area contributed by atoms with E-state index < -0.39 is 17.0 Å². The molecule has 4 nitrogen and oxygen atoms in total. The minimum atomic E-state index is -0.550. The van der Waals surface area contributed by atoms with Gasteiger partial charge in [-0.05, 0) is 47.7 Å². The highest BCUT2D eigenvalue weighted by atomic mass is 35.5. The zero-order valence-corrected chi connectivity index (χ0v) is 14.7. The van der Waals surface area contributed by atoms with E-state index in [0.717, 1.165) is 22.2 Å². The van der Waals surface area contributed by atoms with E-state index in [1.54, 1.807) is 37.5 Å². The Hall–Kier alpha value is -2.31. The molecule has 3 rings (SSSR count). The van der Waals surface area contributed by atoms with Gasteiger partial charge in [-0.25, -0.2) is 4.39 Å². The summed E-state index contributed by atoms with van der Waals surface area (Å²) in [5.74, 6) is -0.324. The summed E-state index contributed by atoms with van der Waals surface area (Å²) in [5.41, 5.74) is 0.882. The lowest BCUT2D eigenvalue weighted by molar-refractivity contribution is -0.123. The second kappa shape index (κ2) is 7.29. The van der Waals surface area contributed by atoms with Gasteiger partial charge in [0.2, 0.25) is 0 Å². The maximum Gasteiger partial charge on any atom is 0.293 e. The number of carbonyl (C=O) groups excluding carboxylic acids is 2. The van der Waals surface area contributed by atoms with Gasteiger partial charge < -0.3 is 4.74 Å². The molecule has 2 aromatic rings. The number of hydrogen-bond acceptors (Lipinski definition) is 4. The molecule has 0 aliphatic carbocycles. The van der Waals surface area contributed by atoms with Crippen molar-refractivity contribution in [1.82, 2.24) is 4.90 Å². The fourth-order valence-corrected chi connectivity index (χ4v) is 3.39. The van der Waals surface area contributed by atoms with Crippen LogP contribution in [0.5, 0.6) is 5.75 Å². The molecule has 0 bridgehead atoms. The molecule has 0 aromatic heterocycles. The van der Waals surface area contributed by atoms with Crippen molar-refractivity contribution >= 4 is 40.6 Å². The fraction of sp³-hybridized carbons (Fsp3) is 0.111. The summed E-state index contributed by atoms with van der Waals surface area (Å²) in [5, 5.41) is -0.276. The van der Waals surface area contributed by atoms with Crippen LogP contribution in [0.3, 0.4) is 0 Å². The molecule has 25 heavy (non-hydrogen) atoms. The number of halogens is 2. The number of nitrogens with zero attached hydrogens (tertiary/aromatic N) is 1. The van der Waals surface area contributed by atoms with Crippen molar-refractivity contribution in [2.75, 3.05) is 7.11 Å². The Morgan fingerprint density at radius 2 is 1.92 bits per heavy atom. The van der Waals surface area contributed by atoms with Crippen LogP contribution >= 0.6 is 23.4 Å². The number of imide groups is 1. The highest BCUT2D eigenvalue weighted by molar-refractivity contribution is 8.18. The van der Waals surface area contributed by atoms with E-state index in [9.17, 15) is 14.0 Å². The number of benzene rings is 2. The lowest BCUT2D eigenvalue weighted by Gasteiger charge is -2.14.